The minimum Gasteiger partial charge on any atom is -0.493 e. The Labute approximate surface area is 243 Å². The summed E-state index contributed by atoms with van der Waals surface area (Å²) < 4.78 is 51.7. The van der Waals surface area contributed by atoms with E-state index in [4.69, 9.17) is 32.7 Å². The molecule has 3 aromatic carbocycles. The molecule has 39 heavy (non-hydrogen) atoms. The Balaban J connectivity index is 1.68. The van der Waals surface area contributed by atoms with Gasteiger partial charge < -0.3 is 9.47 Å². The van der Waals surface area contributed by atoms with Crippen LogP contribution in [0.25, 0.3) is 6.08 Å². The molecule has 13 heteroatoms. The molecular formula is C26H16Cl2F3IN2O5. The summed E-state index contributed by atoms with van der Waals surface area (Å²) >= 11 is 14.0. The first-order valence-corrected chi connectivity index (χ1v) is 12.8. The SMILES string of the molecule is COc1cc(/C=C2/C(=O)NC(=O)N(c3cc(C(F)(F)F)ccc3Cl)C2=O)cc(I)c1OCc1cccc(Cl)c1. The highest BCUT2D eigenvalue weighted by atomic mass is 127. The van der Waals surface area contributed by atoms with Crippen LogP contribution in [0.5, 0.6) is 11.5 Å². The number of carbonyl (C=O) groups excluding carboxylic acids is 3. The Morgan fingerprint density at radius 2 is 1.79 bits per heavy atom. The van der Waals surface area contributed by atoms with Crippen molar-refractivity contribution < 1.29 is 37.0 Å². The Kier molecular flexibility index (Phi) is 8.42. The molecule has 1 saturated heterocycles. The van der Waals surface area contributed by atoms with E-state index in [1.54, 1.807) is 24.3 Å². The second kappa shape index (κ2) is 11.4. The van der Waals surface area contributed by atoms with Gasteiger partial charge >= 0.3 is 12.2 Å². The number of barbiturate groups is 1. The molecule has 4 rings (SSSR count). The number of nitrogens with zero attached hydrogens (tertiary/aromatic N) is 1. The number of imide groups is 2. The van der Waals surface area contributed by atoms with E-state index < -0.39 is 40.8 Å². The van der Waals surface area contributed by atoms with Gasteiger partial charge in [-0.15, -0.1) is 0 Å². The molecule has 1 N–H and O–H groups in total. The van der Waals surface area contributed by atoms with Crippen molar-refractivity contribution in [3.8, 4) is 11.5 Å². The van der Waals surface area contributed by atoms with Crippen LogP contribution in [0.2, 0.25) is 10.0 Å². The van der Waals surface area contributed by atoms with Crippen molar-refractivity contribution in [2.45, 2.75) is 12.8 Å². The van der Waals surface area contributed by atoms with Gasteiger partial charge in [0.2, 0.25) is 0 Å². The van der Waals surface area contributed by atoms with E-state index in [0.717, 1.165) is 11.6 Å². The van der Waals surface area contributed by atoms with Crippen LogP contribution in [0, 0.1) is 3.57 Å². The van der Waals surface area contributed by atoms with E-state index in [-0.39, 0.29) is 17.4 Å². The molecule has 3 aromatic rings. The molecule has 0 aromatic heterocycles. The van der Waals surface area contributed by atoms with E-state index in [9.17, 15) is 27.6 Å². The van der Waals surface area contributed by atoms with E-state index in [1.807, 2.05) is 34.0 Å². The lowest BCUT2D eigenvalue weighted by Gasteiger charge is -2.27. The number of benzene rings is 3. The zero-order chi connectivity index (χ0) is 28.5. The van der Waals surface area contributed by atoms with E-state index >= 15 is 0 Å². The van der Waals surface area contributed by atoms with Crippen molar-refractivity contribution in [2.75, 3.05) is 12.0 Å². The van der Waals surface area contributed by atoms with Gasteiger partial charge in [-0.3, -0.25) is 14.9 Å². The third-order valence-electron chi connectivity index (χ3n) is 5.45. The zero-order valence-corrected chi connectivity index (χ0v) is 23.4. The van der Waals surface area contributed by atoms with Crippen molar-refractivity contribution in [3.05, 3.63) is 90.5 Å². The number of carbonyl (C=O) groups is 3. The fraction of sp³-hybridized carbons (Fsp3) is 0.115. The number of halogens is 6. The highest BCUT2D eigenvalue weighted by Gasteiger charge is 2.39. The molecule has 4 amide bonds. The molecule has 1 fully saturated rings. The van der Waals surface area contributed by atoms with E-state index in [0.29, 0.717) is 36.9 Å². The Bertz CT molecular complexity index is 1530. The average molecular weight is 691 g/mol. The summed E-state index contributed by atoms with van der Waals surface area (Å²) in [6.45, 7) is 0.184. The maximum absolute atomic E-state index is 13.3. The number of anilines is 1. The van der Waals surface area contributed by atoms with E-state index in [2.05, 4.69) is 0 Å². The molecule has 202 valence electrons. The van der Waals surface area contributed by atoms with Gasteiger partial charge in [0.25, 0.3) is 11.8 Å². The predicted molar refractivity (Wildman–Crippen MR) is 147 cm³/mol. The quantitative estimate of drug-likeness (QED) is 0.173. The maximum atomic E-state index is 13.3. The third-order valence-corrected chi connectivity index (χ3v) is 6.81. The number of hydrogen-bond donors (Lipinski definition) is 1. The minimum absolute atomic E-state index is 0.184. The van der Waals surface area contributed by atoms with Gasteiger partial charge in [-0.1, -0.05) is 35.3 Å². The topological polar surface area (TPSA) is 84.9 Å². The van der Waals surface area contributed by atoms with Crippen LogP contribution >= 0.6 is 45.8 Å². The van der Waals surface area contributed by atoms with Crippen molar-refractivity contribution in [1.82, 2.24) is 5.32 Å². The standard InChI is InChI=1S/C26H16Cl2F3IN2O5/c1-38-21-10-14(9-19(32)22(21)39-12-13-3-2-4-16(27)7-13)8-17-23(35)33-25(37)34(24(17)36)20-11-15(26(29,30)31)5-6-18(20)28/h2-11H,12H2,1H3,(H,33,35,37)/b17-8-. The van der Waals surface area contributed by atoms with Gasteiger partial charge in [0.05, 0.1) is 27.0 Å². The number of ether oxygens (including phenoxy) is 2. The highest BCUT2D eigenvalue weighted by molar-refractivity contribution is 14.1. The first kappa shape index (κ1) is 28.7. The molecule has 1 aliphatic rings. The lowest BCUT2D eigenvalue weighted by molar-refractivity contribution is -0.137. The lowest BCUT2D eigenvalue weighted by Crippen LogP contribution is -2.54. The van der Waals surface area contributed by atoms with Gasteiger partial charge in [-0.05, 0) is 82.3 Å². The van der Waals surface area contributed by atoms with E-state index in [1.165, 1.54) is 19.3 Å². The fourth-order valence-electron chi connectivity index (χ4n) is 3.65. The monoisotopic (exact) mass is 690 g/mol. The molecule has 7 nitrogen and oxygen atoms in total. The smallest absolute Gasteiger partial charge is 0.416 e. The number of alkyl halides is 3. The number of urea groups is 1. The first-order chi connectivity index (χ1) is 18.4. The minimum atomic E-state index is -4.76. The summed E-state index contributed by atoms with van der Waals surface area (Å²) in [7, 11) is 1.41. The predicted octanol–water partition coefficient (Wildman–Crippen LogP) is 6.87. The Hall–Kier alpha value is -3.29. The van der Waals surface area contributed by atoms with Crippen molar-refractivity contribution in [3.63, 3.8) is 0 Å². The highest BCUT2D eigenvalue weighted by Crippen LogP contribution is 2.38. The Morgan fingerprint density at radius 1 is 1.05 bits per heavy atom. The van der Waals surface area contributed by atoms with Gasteiger partial charge in [0.15, 0.2) is 11.5 Å². The number of amides is 4. The number of rotatable bonds is 6. The molecule has 0 atom stereocenters. The van der Waals surface area contributed by atoms with Gasteiger partial charge in [-0.25, -0.2) is 9.69 Å². The van der Waals surface area contributed by atoms with Gasteiger partial charge in [0, 0.05) is 5.02 Å². The number of hydrogen-bond acceptors (Lipinski definition) is 5. The van der Waals surface area contributed by atoms with Crippen LogP contribution in [0.3, 0.4) is 0 Å². The summed E-state index contributed by atoms with van der Waals surface area (Å²) in [6.07, 6.45) is -3.57. The fourth-order valence-corrected chi connectivity index (χ4v) is 4.84. The molecule has 0 saturated carbocycles. The maximum Gasteiger partial charge on any atom is 0.416 e. The summed E-state index contributed by atoms with van der Waals surface area (Å²) in [5, 5.41) is 2.22. The molecule has 0 spiro atoms. The average Bonchev–Trinajstić information content (AvgIpc) is 2.86. The Morgan fingerprint density at radius 3 is 2.46 bits per heavy atom. The van der Waals surface area contributed by atoms with Crippen LogP contribution in [0.15, 0.2) is 60.2 Å². The second-order valence-electron chi connectivity index (χ2n) is 8.07. The zero-order valence-electron chi connectivity index (χ0n) is 19.7. The van der Waals surface area contributed by atoms with Gasteiger partial charge in [-0.2, -0.15) is 13.2 Å². The van der Waals surface area contributed by atoms with Crippen molar-refractivity contribution >= 4 is 75.4 Å². The van der Waals surface area contributed by atoms with Crippen LogP contribution < -0.4 is 19.7 Å². The molecule has 0 aliphatic carbocycles. The molecule has 1 heterocycles. The molecule has 1 aliphatic heterocycles. The number of methoxy groups -OCH3 is 1. The molecule has 0 bridgehead atoms. The third kappa shape index (κ3) is 6.31. The summed E-state index contributed by atoms with van der Waals surface area (Å²) in [5.74, 6) is -1.50. The molecule has 0 unspecified atom stereocenters. The van der Waals surface area contributed by atoms with Crippen LogP contribution in [-0.4, -0.2) is 25.0 Å². The lowest BCUT2D eigenvalue weighted by atomic mass is 10.1. The van der Waals surface area contributed by atoms with Crippen molar-refractivity contribution in [1.29, 1.82) is 0 Å². The van der Waals surface area contributed by atoms with Crippen LogP contribution in [0.1, 0.15) is 16.7 Å². The summed E-state index contributed by atoms with van der Waals surface area (Å²) in [4.78, 5) is 38.7. The number of nitrogens with one attached hydrogen (secondary N) is 1. The van der Waals surface area contributed by atoms with Gasteiger partial charge in [0.1, 0.15) is 12.2 Å². The molecule has 0 radical (unpaired) electrons. The summed E-state index contributed by atoms with van der Waals surface area (Å²) in [5.41, 5.74) is -1.02. The summed E-state index contributed by atoms with van der Waals surface area (Å²) in [6, 6.07) is 11.1. The largest absolute Gasteiger partial charge is 0.493 e. The normalized spacial score (nSPS) is 15.0. The van der Waals surface area contributed by atoms with Crippen LogP contribution in [-0.2, 0) is 22.4 Å². The molecular weight excluding hydrogens is 675 g/mol. The van der Waals surface area contributed by atoms with Crippen molar-refractivity contribution in [2.24, 2.45) is 0 Å². The van der Waals surface area contributed by atoms with Crippen LogP contribution in [0.4, 0.5) is 23.7 Å². The second-order valence-corrected chi connectivity index (χ2v) is 10.1. The first-order valence-electron chi connectivity index (χ1n) is 10.9.